The van der Waals surface area contributed by atoms with E-state index in [0.29, 0.717) is 25.9 Å². The molecule has 25 heavy (non-hydrogen) atoms. The summed E-state index contributed by atoms with van der Waals surface area (Å²) in [7, 11) is 0. The van der Waals surface area contributed by atoms with E-state index in [4.69, 9.17) is 9.47 Å². The van der Waals surface area contributed by atoms with Crippen LogP contribution in [0.4, 0.5) is 0 Å². The maximum Gasteiger partial charge on any atom is 0.318 e. The molecule has 0 aliphatic carbocycles. The maximum absolute atomic E-state index is 12.4. The lowest BCUT2D eigenvalue weighted by Crippen LogP contribution is -2.87. The molecule has 1 aromatic carbocycles. The van der Waals surface area contributed by atoms with Crippen molar-refractivity contribution in [2.75, 3.05) is 19.7 Å². The molecule has 1 unspecified atom stereocenters. The molecule has 2 rings (SSSR count). The summed E-state index contributed by atoms with van der Waals surface area (Å²) in [6.45, 7) is 4.09. The Kier molecular flexibility index (Phi) is 8.15. The molecular formula is C19H27INO4+. The van der Waals surface area contributed by atoms with Gasteiger partial charge in [-0.2, -0.15) is 0 Å². The quantitative estimate of drug-likeness (QED) is 0.280. The molecule has 5 nitrogen and oxygen atoms in total. The summed E-state index contributed by atoms with van der Waals surface area (Å²) in [6.07, 6.45) is 3.38. The number of hydrogen-bond acceptors (Lipinski definition) is 4. The fraction of sp³-hybridized carbons (Fsp3) is 0.579. The molecule has 0 spiro atoms. The lowest BCUT2D eigenvalue weighted by atomic mass is 9.84. The monoisotopic (exact) mass is 460 g/mol. The number of unbranched alkanes of at least 4 members (excludes halogenated alkanes) is 1. The number of quaternary nitrogens is 1. The zero-order valence-electron chi connectivity index (χ0n) is 14.7. The van der Waals surface area contributed by atoms with Gasteiger partial charge in [0.2, 0.25) is 0 Å². The van der Waals surface area contributed by atoms with Gasteiger partial charge < -0.3 is 14.8 Å². The molecule has 1 aliphatic rings. The second-order valence-corrected chi connectivity index (χ2v) is 8.31. The third kappa shape index (κ3) is 6.26. The van der Waals surface area contributed by atoms with Gasteiger partial charge in [0.05, 0.1) is 19.7 Å². The number of halogens is 1. The van der Waals surface area contributed by atoms with Crippen LogP contribution in [-0.4, -0.2) is 35.6 Å². The molecule has 6 heteroatoms. The van der Waals surface area contributed by atoms with E-state index in [1.54, 1.807) is 6.92 Å². The highest BCUT2D eigenvalue weighted by Gasteiger charge is 2.39. The molecular weight excluding hydrogens is 433 g/mol. The topological polar surface area (TPSA) is 69.2 Å². The summed E-state index contributed by atoms with van der Waals surface area (Å²) < 4.78 is 10.9. The summed E-state index contributed by atoms with van der Waals surface area (Å²) in [4.78, 5) is 23.7. The van der Waals surface area contributed by atoms with Crippen LogP contribution in [0.3, 0.4) is 0 Å². The summed E-state index contributed by atoms with van der Waals surface area (Å²) in [5.41, 5.74) is 0.595. The first kappa shape index (κ1) is 20.2. The summed E-state index contributed by atoms with van der Waals surface area (Å²) in [5, 5.41) is 2.26. The molecule has 2 N–H and O–H groups in total. The largest absolute Gasteiger partial charge is 0.465 e. The highest BCUT2D eigenvalue weighted by Crippen LogP contribution is 2.34. The molecule has 1 fully saturated rings. The number of esters is 2. The highest BCUT2D eigenvalue weighted by molar-refractivity contribution is 14.1. The van der Waals surface area contributed by atoms with Gasteiger partial charge in [0, 0.05) is 19.3 Å². The summed E-state index contributed by atoms with van der Waals surface area (Å²) >= 11 is 2.03. The average Bonchev–Trinajstić information content (AvgIpc) is 2.62. The van der Waals surface area contributed by atoms with Crippen LogP contribution in [0.5, 0.6) is 0 Å². The molecule has 1 aliphatic heterocycles. The Morgan fingerprint density at radius 2 is 1.88 bits per heavy atom. The maximum atomic E-state index is 12.4. The van der Waals surface area contributed by atoms with Crippen LogP contribution in [0, 0.1) is 0 Å². The van der Waals surface area contributed by atoms with Crippen molar-refractivity contribution in [2.24, 2.45) is 0 Å². The van der Waals surface area contributed by atoms with Gasteiger partial charge in [-0.25, -0.2) is 0 Å². The zero-order chi connectivity index (χ0) is 18.1. The van der Waals surface area contributed by atoms with Gasteiger partial charge in [-0.1, -0.05) is 52.9 Å². The van der Waals surface area contributed by atoms with Crippen molar-refractivity contribution in [1.29, 1.82) is 0 Å². The minimum Gasteiger partial charge on any atom is -0.465 e. The SMILES string of the molecule is CC(I)C(=O)OCCCCC(=O)OC1(c2ccccc2)CC[NH2+]CC1. The van der Waals surface area contributed by atoms with E-state index < -0.39 is 5.60 Å². The van der Waals surface area contributed by atoms with E-state index in [9.17, 15) is 9.59 Å². The molecule has 138 valence electrons. The van der Waals surface area contributed by atoms with Gasteiger partial charge in [0.1, 0.15) is 9.53 Å². The summed E-state index contributed by atoms with van der Waals surface area (Å²) in [6, 6.07) is 10.1. The van der Waals surface area contributed by atoms with Crippen molar-refractivity contribution >= 4 is 34.5 Å². The molecule has 0 saturated carbocycles. The predicted molar refractivity (Wildman–Crippen MR) is 103 cm³/mol. The number of hydrogen-bond donors (Lipinski definition) is 1. The smallest absolute Gasteiger partial charge is 0.318 e. The fourth-order valence-corrected chi connectivity index (χ4v) is 3.24. The van der Waals surface area contributed by atoms with Gasteiger partial charge in [-0.3, -0.25) is 9.59 Å². The van der Waals surface area contributed by atoms with Crippen LogP contribution in [0.25, 0.3) is 0 Å². The normalized spacial score (nSPS) is 17.5. The van der Waals surface area contributed by atoms with Crippen LogP contribution in [0.15, 0.2) is 30.3 Å². The van der Waals surface area contributed by atoms with Gasteiger partial charge in [0.15, 0.2) is 0 Å². The summed E-state index contributed by atoms with van der Waals surface area (Å²) in [5.74, 6) is -0.371. The number of benzene rings is 1. The van der Waals surface area contributed by atoms with E-state index >= 15 is 0 Å². The Hall–Kier alpha value is -1.15. The Morgan fingerprint density at radius 1 is 1.20 bits per heavy atom. The average molecular weight is 460 g/mol. The second kappa shape index (κ2) is 10.1. The highest BCUT2D eigenvalue weighted by atomic mass is 127. The fourth-order valence-electron chi connectivity index (χ4n) is 3.06. The molecule has 1 heterocycles. The lowest BCUT2D eigenvalue weighted by Gasteiger charge is -2.36. The minimum absolute atomic E-state index is 0.142. The number of nitrogens with two attached hydrogens (primary N) is 1. The Balaban J connectivity index is 1.81. The van der Waals surface area contributed by atoms with E-state index in [2.05, 4.69) is 5.32 Å². The van der Waals surface area contributed by atoms with E-state index in [-0.39, 0.29) is 15.9 Å². The van der Waals surface area contributed by atoms with Crippen LogP contribution in [-0.2, 0) is 24.7 Å². The zero-order valence-corrected chi connectivity index (χ0v) is 16.9. The van der Waals surface area contributed by atoms with Gasteiger partial charge >= 0.3 is 11.9 Å². The number of alkyl halides is 1. The standard InChI is InChI=1S/C19H26INO4/c1-15(20)18(23)24-14-6-5-9-17(22)25-19(10-12-21-13-11-19)16-7-3-2-4-8-16/h2-4,7-8,15,21H,5-6,9-14H2,1H3/p+1. The van der Waals surface area contributed by atoms with Crippen molar-refractivity contribution in [3.05, 3.63) is 35.9 Å². The molecule has 1 saturated heterocycles. The van der Waals surface area contributed by atoms with Gasteiger partial charge in [0.25, 0.3) is 0 Å². The molecule has 0 amide bonds. The number of rotatable bonds is 8. The van der Waals surface area contributed by atoms with Crippen molar-refractivity contribution in [3.63, 3.8) is 0 Å². The van der Waals surface area contributed by atoms with Gasteiger partial charge in [-0.05, 0) is 25.3 Å². The number of ether oxygens (including phenoxy) is 2. The van der Waals surface area contributed by atoms with Crippen molar-refractivity contribution in [3.8, 4) is 0 Å². The molecule has 0 radical (unpaired) electrons. The van der Waals surface area contributed by atoms with E-state index in [1.807, 2.05) is 52.9 Å². The first-order valence-corrected chi connectivity index (χ1v) is 10.2. The lowest BCUT2D eigenvalue weighted by molar-refractivity contribution is -0.668. The van der Waals surface area contributed by atoms with Gasteiger partial charge in [-0.15, -0.1) is 0 Å². The first-order chi connectivity index (χ1) is 12.0. The number of carbonyl (C=O) groups is 2. The van der Waals surface area contributed by atoms with Crippen LogP contribution in [0.1, 0.15) is 44.6 Å². The Labute approximate surface area is 163 Å². The Bertz CT molecular complexity index is 556. The second-order valence-electron chi connectivity index (χ2n) is 6.44. The third-order valence-corrected chi connectivity index (χ3v) is 4.97. The predicted octanol–water partition coefficient (Wildman–Crippen LogP) is 2.32. The Morgan fingerprint density at radius 3 is 2.52 bits per heavy atom. The van der Waals surface area contributed by atoms with Crippen LogP contribution >= 0.6 is 22.6 Å². The minimum atomic E-state index is -0.490. The van der Waals surface area contributed by atoms with E-state index in [1.165, 1.54) is 0 Å². The van der Waals surface area contributed by atoms with Crippen LogP contribution < -0.4 is 5.32 Å². The third-order valence-electron chi connectivity index (χ3n) is 4.46. The first-order valence-electron chi connectivity index (χ1n) is 8.93. The molecule has 0 bridgehead atoms. The van der Waals surface area contributed by atoms with E-state index in [0.717, 1.165) is 31.5 Å². The number of piperidine rings is 1. The number of carbonyl (C=O) groups excluding carboxylic acids is 2. The molecule has 0 aromatic heterocycles. The van der Waals surface area contributed by atoms with Crippen molar-refractivity contribution in [2.45, 2.75) is 48.6 Å². The van der Waals surface area contributed by atoms with Crippen molar-refractivity contribution in [1.82, 2.24) is 0 Å². The molecule has 1 aromatic rings. The molecule has 1 atom stereocenters. The van der Waals surface area contributed by atoms with Crippen LogP contribution in [0.2, 0.25) is 0 Å². The van der Waals surface area contributed by atoms with Crippen molar-refractivity contribution < 1.29 is 24.4 Å².